The Morgan fingerprint density at radius 1 is 1.30 bits per heavy atom. The summed E-state index contributed by atoms with van der Waals surface area (Å²) in [7, 11) is 0. The van der Waals surface area contributed by atoms with Crippen LogP contribution in [0.2, 0.25) is 0 Å². The van der Waals surface area contributed by atoms with Gasteiger partial charge in [-0.15, -0.1) is 0 Å². The standard InChI is InChI=1S/C15H16F2N2O/c16-15(17)5-3-10(4-6-15)1-2-11-7-12(18)8-13-14(11)20-9-19-13/h1-2,7-10H,3-6,18H2/b2-1+. The number of hydrogen-bond acceptors (Lipinski definition) is 3. The smallest absolute Gasteiger partial charge is 0.248 e. The van der Waals surface area contributed by atoms with E-state index in [9.17, 15) is 8.78 Å². The Morgan fingerprint density at radius 3 is 2.80 bits per heavy atom. The first kappa shape index (κ1) is 13.1. The first-order valence-electron chi connectivity index (χ1n) is 6.72. The fraction of sp³-hybridized carbons (Fsp3) is 0.400. The summed E-state index contributed by atoms with van der Waals surface area (Å²) in [6.07, 6.45) is 6.23. The summed E-state index contributed by atoms with van der Waals surface area (Å²) in [5.41, 5.74) is 8.65. The maximum absolute atomic E-state index is 13.1. The Balaban J connectivity index is 1.79. The molecule has 0 radical (unpaired) electrons. The van der Waals surface area contributed by atoms with Gasteiger partial charge in [0.15, 0.2) is 12.0 Å². The zero-order chi connectivity index (χ0) is 14.2. The van der Waals surface area contributed by atoms with E-state index in [0.29, 0.717) is 29.6 Å². The summed E-state index contributed by atoms with van der Waals surface area (Å²) in [6.45, 7) is 0. The Morgan fingerprint density at radius 2 is 2.05 bits per heavy atom. The summed E-state index contributed by atoms with van der Waals surface area (Å²) in [6, 6.07) is 3.55. The molecule has 1 fully saturated rings. The van der Waals surface area contributed by atoms with Gasteiger partial charge in [0.05, 0.1) is 0 Å². The second-order valence-electron chi connectivity index (χ2n) is 5.36. The van der Waals surface area contributed by atoms with Gasteiger partial charge >= 0.3 is 0 Å². The number of allylic oxidation sites excluding steroid dienone is 1. The van der Waals surface area contributed by atoms with Gasteiger partial charge in [-0.1, -0.05) is 12.2 Å². The molecule has 2 aromatic rings. The number of hydrogen-bond donors (Lipinski definition) is 1. The molecule has 5 heteroatoms. The number of oxazole rings is 1. The van der Waals surface area contributed by atoms with E-state index in [1.165, 1.54) is 6.39 Å². The highest BCUT2D eigenvalue weighted by Crippen LogP contribution is 2.37. The van der Waals surface area contributed by atoms with Crippen LogP contribution in [-0.4, -0.2) is 10.9 Å². The molecule has 1 heterocycles. The fourth-order valence-corrected chi connectivity index (χ4v) is 2.64. The first-order valence-corrected chi connectivity index (χ1v) is 6.72. The zero-order valence-corrected chi connectivity index (χ0v) is 11.0. The molecule has 3 rings (SSSR count). The molecule has 20 heavy (non-hydrogen) atoms. The molecule has 3 nitrogen and oxygen atoms in total. The van der Waals surface area contributed by atoms with Crippen LogP contribution in [0.3, 0.4) is 0 Å². The summed E-state index contributed by atoms with van der Waals surface area (Å²) >= 11 is 0. The average molecular weight is 278 g/mol. The van der Waals surface area contributed by atoms with Gasteiger partial charge in [0.25, 0.3) is 0 Å². The Hall–Kier alpha value is -1.91. The first-order chi connectivity index (χ1) is 9.53. The molecule has 0 atom stereocenters. The molecule has 1 aliphatic carbocycles. The van der Waals surface area contributed by atoms with Gasteiger partial charge in [-0.05, 0) is 30.9 Å². The van der Waals surface area contributed by atoms with Crippen molar-refractivity contribution in [3.63, 3.8) is 0 Å². The predicted octanol–water partition coefficient (Wildman–Crippen LogP) is 4.25. The molecule has 0 saturated heterocycles. The van der Waals surface area contributed by atoms with Crippen LogP contribution in [0.25, 0.3) is 17.2 Å². The van der Waals surface area contributed by atoms with Gasteiger partial charge in [0.1, 0.15) is 5.52 Å². The maximum atomic E-state index is 13.1. The van der Waals surface area contributed by atoms with E-state index in [1.807, 2.05) is 12.2 Å². The highest BCUT2D eigenvalue weighted by molar-refractivity contribution is 5.86. The normalized spacial score (nSPS) is 19.9. The van der Waals surface area contributed by atoms with Crippen LogP contribution in [-0.2, 0) is 0 Å². The number of aromatic nitrogens is 1. The van der Waals surface area contributed by atoms with Crippen molar-refractivity contribution in [2.75, 3.05) is 5.73 Å². The van der Waals surface area contributed by atoms with E-state index in [4.69, 9.17) is 10.2 Å². The molecule has 0 aliphatic heterocycles. The number of rotatable bonds is 2. The van der Waals surface area contributed by atoms with Crippen LogP contribution in [0.15, 0.2) is 29.0 Å². The molecule has 0 unspecified atom stereocenters. The number of anilines is 1. The summed E-state index contributed by atoms with van der Waals surface area (Å²) < 4.78 is 31.5. The lowest BCUT2D eigenvalue weighted by molar-refractivity contribution is -0.0410. The Labute approximate surface area is 115 Å². The van der Waals surface area contributed by atoms with Crippen molar-refractivity contribution in [2.45, 2.75) is 31.6 Å². The second-order valence-corrected chi connectivity index (χ2v) is 5.36. The third-order valence-electron chi connectivity index (χ3n) is 3.79. The monoisotopic (exact) mass is 278 g/mol. The van der Waals surface area contributed by atoms with Gasteiger partial charge in [-0.2, -0.15) is 0 Å². The molecule has 1 aliphatic rings. The highest BCUT2D eigenvalue weighted by atomic mass is 19.3. The van der Waals surface area contributed by atoms with Crippen molar-refractivity contribution in [1.29, 1.82) is 0 Å². The van der Waals surface area contributed by atoms with Gasteiger partial charge < -0.3 is 10.2 Å². The molecule has 2 N–H and O–H groups in total. The number of halogens is 2. The summed E-state index contributed by atoms with van der Waals surface area (Å²) in [5, 5.41) is 0. The van der Waals surface area contributed by atoms with Crippen molar-refractivity contribution in [3.8, 4) is 0 Å². The Bertz CT molecular complexity index is 638. The quantitative estimate of drug-likeness (QED) is 0.835. The molecule has 106 valence electrons. The molecule has 0 bridgehead atoms. The summed E-state index contributed by atoms with van der Waals surface area (Å²) in [4.78, 5) is 4.07. The SMILES string of the molecule is Nc1cc(/C=C/C2CCC(F)(F)CC2)c2ocnc2c1. The fourth-order valence-electron chi connectivity index (χ4n) is 2.64. The van der Waals surface area contributed by atoms with E-state index in [-0.39, 0.29) is 18.8 Å². The lowest BCUT2D eigenvalue weighted by atomic mass is 9.86. The van der Waals surface area contributed by atoms with Crippen molar-refractivity contribution in [2.24, 2.45) is 5.92 Å². The molecular formula is C15H16F2N2O. The topological polar surface area (TPSA) is 52.0 Å². The second kappa shape index (κ2) is 4.89. The number of nitrogens with zero attached hydrogens (tertiary/aromatic N) is 1. The summed E-state index contributed by atoms with van der Waals surface area (Å²) in [5.74, 6) is -2.30. The maximum Gasteiger partial charge on any atom is 0.248 e. The van der Waals surface area contributed by atoms with Crippen molar-refractivity contribution < 1.29 is 13.2 Å². The minimum atomic E-state index is -2.49. The van der Waals surface area contributed by atoms with Crippen LogP contribution in [0.5, 0.6) is 0 Å². The molecule has 1 aromatic heterocycles. The van der Waals surface area contributed by atoms with Crippen molar-refractivity contribution in [1.82, 2.24) is 4.98 Å². The van der Waals surface area contributed by atoms with E-state index < -0.39 is 5.92 Å². The van der Waals surface area contributed by atoms with Crippen LogP contribution in [0.4, 0.5) is 14.5 Å². The average Bonchev–Trinajstić information content (AvgIpc) is 2.85. The molecule has 0 amide bonds. The van der Waals surface area contributed by atoms with E-state index in [0.717, 1.165) is 5.56 Å². The number of nitrogens with two attached hydrogens (primary N) is 1. The van der Waals surface area contributed by atoms with E-state index in [2.05, 4.69) is 4.98 Å². The van der Waals surface area contributed by atoms with E-state index >= 15 is 0 Å². The largest absolute Gasteiger partial charge is 0.443 e. The molecule has 1 aromatic carbocycles. The third-order valence-corrected chi connectivity index (χ3v) is 3.79. The molecular weight excluding hydrogens is 262 g/mol. The Kier molecular flexibility index (Phi) is 3.20. The highest BCUT2D eigenvalue weighted by Gasteiger charge is 2.33. The minimum Gasteiger partial charge on any atom is -0.443 e. The number of benzene rings is 1. The number of alkyl halides is 2. The number of nitrogen functional groups attached to an aromatic ring is 1. The van der Waals surface area contributed by atoms with Crippen LogP contribution in [0.1, 0.15) is 31.2 Å². The molecule has 1 saturated carbocycles. The van der Waals surface area contributed by atoms with Gasteiger partial charge in [0, 0.05) is 24.1 Å². The zero-order valence-electron chi connectivity index (χ0n) is 11.0. The van der Waals surface area contributed by atoms with Crippen molar-refractivity contribution >= 4 is 22.9 Å². The number of fused-ring (bicyclic) bond motifs is 1. The minimum absolute atomic E-state index is 0.0311. The molecule has 0 spiro atoms. The van der Waals surface area contributed by atoms with Gasteiger partial charge in [-0.25, -0.2) is 13.8 Å². The van der Waals surface area contributed by atoms with Crippen LogP contribution < -0.4 is 5.73 Å². The lowest BCUT2D eigenvalue weighted by Gasteiger charge is -2.26. The third kappa shape index (κ3) is 2.66. The van der Waals surface area contributed by atoms with E-state index in [1.54, 1.807) is 12.1 Å². The van der Waals surface area contributed by atoms with Crippen LogP contribution in [0, 0.1) is 5.92 Å². The predicted molar refractivity (Wildman–Crippen MR) is 74.4 cm³/mol. The van der Waals surface area contributed by atoms with Gasteiger partial charge in [0.2, 0.25) is 5.92 Å². The van der Waals surface area contributed by atoms with Crippen LogP contribution >= 0.6 is 0 Å². The van der Waals surface area contributed by atoms with Gasteiger partial charge in [-0.3, -0.25) is 0 Å². The van der Waals surface area contributed by atoms with Crippen molar-refractivity contribution in [3.05, 3.63) is 30.2 Å². The lowest BCUT2D eigenvalue weighted by Crippen LogP contribution is -2.23.